The van der Waals surface area contributed by atoms with Crippen LogP contribution >= 0.6 is 15.9 Å². The molecule has 1 aromatic carbocycles. The Bertz CT molecular complexity index is 360. The number of benzene rings is 1. The number of halogens is 1. The summed E-state index contributed by atoms with van der Waals surface area (Å²) in [5.41, 5.74) is 1.22. The van der Waals surface area contributed by atoms with E-state index in [1.54, 1.807) is 0 Å². The molecule has 0 aliphatic carbocycles. The second kappa shape index (κ2) is 6.28. The first-order valence-corrected chi connectivity index (χ1v) is 6.74. The van der Waals surface area contributed by atoms with E-state index in [1.807, 2.05) is 12.1 Å². The zero-order chi connectivity index (χ0) is 12.1. The maximum Gasteiger partial charge on any atom is 0.121 e. The quantitative estimate of drug-likeness (QED) is 0.863. The van der Waals surface area contributed by atoms with Gasteiger partial charge in [0.15, 0.2) is 0 Å². The fourth-order valence-electron chi connectivity index (χ4n) is 2.27. The lowest BCUT2D eigenvalue weighted by atomic mass is 10.0. The van der Waals surface area contributed by atoms with Crippen molar-refractivity contribution in [2.24, 2.45) is 0 Å². The molecule has 3 nitrogen and oxygen atoms in total. The molecule has 92 valence electrons. The Balaban J connectivity index is 2.15. The number of aldehydes is 1. The van der Waals surface area contributed by atoms with E-state index in [0.29, 0.717) is 6.42 Å². The molecule has 0 spiro atoms. The van der Waals surface area contributed by atoms with Gasteiger partial charge in [-0.3, -0.25) is 4.90 Å². The highest BCUT2D eigenvalue weighted by Gasteiger charge is 2.21. The van der Waals surface area contributed by atoms with E-state index in [2.05, 4.69) is 38.3 Å². The third-order valence-electron chi connectivity index (χ3n) is 3.17. The number of hydrogen-bond acceptors (Lipinski definition) is 3. The molecule has 1 N–H and O–H groups in total. The van der Waals surface area contributed by atoms with E-state index in [4.69, 9.17) is 0 Å². The van der Waals surface area contributed by atoms with Crippen molar-refractivity contribution >= 4 is 22.2 Å². The average molecular weight is 297 g/mol. The van der Waals surface area contributed by atoms with Crippen molar-refractivity contribution in [3.63, 3.8) is 0 Å². The van der Waals surface area contributed by atoms with Crippen LogP contribution in [0.5, 0.6) is 0 Å². The molecular formula is C13H17BrN2O. The average Bonchev–Trinajstić information content (AvgIpc) is 2.38. The first-order chi connectivity index (χ1) is 8.31. The van der Waals surface area contributed by atoms with Gasteiger partial charge in [-0.15, -0.1) is 0 Å². The molecule has 0 radical (unpaired) electrons. The molecule has 0 saturated carbocycles. The van der Waals surface area contributed by atoms with Gasteiger partial charge >= 0.3 is 0 Å². The van der Waals surface area contributed by atoms with Crippen LogP contribution in [0.1, 0.15) is 18.0 Å². The van der Waals surface area contributed by atoms with Crippen molar-refractivity contribution in [2.45, 2.75) is 12.5 Å². The van der Waals surface area contributed by atoms with Crippen LogP contribution < -0.4 is 5.32 Å². The van der Waals surface area contributed by atoms with Crippen molar-refractivity contribution in [2.75, 3.05) is 26.2 Å². The summed E-state index contributed by atoms with van der Waals surface area (Å²) >= 11 is 3.44. The summed E-state index contributed by atoms with van der Waals surface area (Å²) in [6, 6.07) is 8.49. The summed E-state index contributed by atoms with van der Waals surface area (Å²) in [6.07, 6.45) is 1.59. The smallest absolute Gasteiger partial charge is 0.121 e. The third kappa shape index (κ3) is 3.37. The molecule has 1 aliphatic heterocycles. The normalized spacial score (nSPS) is 18.9. The molecule has 0 aromatic heterocycles. The Labute approximate surface area is 110 Å². The lowest BCUT2D eigenvalue weighted by Crippen LogP contribution is -2.45. The van der Waals surface area contributed by atoms with E-state index in [0.717, 1.165) is 36.9 Å². The molecule has 1 heterocycles. The second-order valence-electron chi connectivity index (χ2n) is 4.26. The Morgan fingerprint density at radius 1 is 1.29 bits per heavy atom. The van der Waals surface area contributed by atoms with E-state index in [9.17, 15) is 4.79 Å². The molecule has 2 rings (SSSR count). The van der Waals surface area contributed by atoms with Crippen LogP contribution in [0.3, 0.4) is 0 Å². The lowest BCUT2D eigenvalue weighted by Gasteiger charge is -2.34. The summed E-state index contributed by atoms with van der Waals surface area (Å²) in [7, 11) is 0. The first kappa shape index (κ1) is 12.7. The van der Waals surface area contributed by atoms with Crippen LogP contribution in [0.25, 0.3) is 0 Å². The van der Waals surface area contributed by atoms with Crippen LogP contribution in [0, 0.1) is 0 Å². The van der Waals surface area contributed by atoms with Crippen LogP contribution in [0.4, 0.5) is 0 Å². The highest BCUT2D eigenvalue weighted by atomic mass is 79.9. The Morgan fingerprint density at radius 2 is 1.94 bits per heavy atom. The van der Waals surface area contributed by atoms with Gasteiger partial charge in [0, 0.05) is 43.1 Å². The number of nitrogens with one attached hydrogen (secondary N) is 1. The summed E-state index contributed by atoms with van der Waals surface area (Å²) < 4.78 is 1.08. The van der Waals surface area contributed by atoms with Gasteiger partial charge in [0.25, 0.3) is 0 Å². The molecule has 1 aromatic rings. The minimum Gasteiger partial charge on any atom is -0.314 e. The van der Waals surface area contributed by atoms with Gasteiger partial charge in [-0.25, -0.2) is 0 Å². The molecule has 1 aliphatic rings. The molecule has 0 bridgehead atoms. The van der Waals surface area contributed by atoms with Crippen LogP contribution in [0.15, 0.2) is 28.7 Å². The van der Waals surface area contributed by atoms with Gasteiger partial charge in [0.1, 0.15) is 6.29 Å². The zero-order valence-corrected chi connectivity index (χ0v) is 11.3. The Kier molecular flexibility index (Phi) is 4.71. The predicted molar refractivity (Wildman–Crippen MR) is 72.0 cm³/mol. The van der Waals surface area contributed by atoms with E-state index < -0.39 is 0 Å². The summed E-state index contributed by atoms with van der Waals surface area (Å²) in [6.45, 7) is 4.03. The highest BCUT2D eigenvalue weighted by molar-refractivity contribution is 9.10. The van der Waals surface area contributed by atoms with E-state index in [-0.39, 0.29) is 6.04 Å². The number of carbonyl (C=O) groups excluding carboxylic acids is 1. The minimum absolute atomic E-state index is 0.225. The van der Waals surface area contributed by atoms with Crippen molar-refractivity contribution in [1.29, 1.82) is 0 Å². The van der Waals surface area contributed by atoms with Crippen LogP contribution in [-0.2, 0) is 4.79 Å². The Morgan fingerprint density at radius 3 is 2.53 bits per heavy atom. The van der Waals surface area contributed by atoms with Crippen LogP contribution in [-0.4, -0.2) is 37.4 Å². The molecular weight excluding hydrogens is 280 g/mol. The fourth-order valence-corrected chi connectivity index (χ4v) is 2.53. The van der Waals surface area contributed by atoms with Gasteiger partial charge in [0.2, 0.25) is 0 Å². The van der Waals surface area contributed by atoms with Crippen molar-refractivity contribution < 1.29 is 4.79 Å². The molecule has 1 fully saturated rings. The molecule has 1 saturated heterocycles. The molecule has 1 atom stereocenters. The zero-order valence-electron chi connectivity index (χ0n) is 9.73. The number of piperazine rings is 1. The molecule has 1 unspecified atom stereocenters. The number of rotatable bonds is 4. The van der Waals surface area contributed by atoms with Gasteiger partial charge < -0.3 is 10.1 Å². The fraction of sp³-hybridized carbons (Fsp3) is 0.462. The molecule has 17 heavy (non-hydrogen) atoms. The first-order valence-electron chi connectivity index (χ1n) is 5.95. The number of hydrogen-bond donors (Lipinski definition) is 1. The maximum absolute atomic E-state index is 10.8. The third-order valence-corrected chi connectivity index (χ3v) is 3.70. The van der Waals surface area contributed by atoms with Gasteiger partial charge in [-0.1, -0.05) is 28.1 Å². The maximum atomic E-state index is 10.8. The predicted octanol–water partition coefficient (Wildman–Crippen LogP) is 1.98. The molecule has 4 heteroatoms. The van der Waals surface area contributed by atoms with Crippen molar-refractivity contribution in [3.05, 3.63) is 34.3 Å². The summed E-state index contributed by atoms with van der Waals surface area (Å²) in [5.74, 6) is 0. The summed E-state index contributed by atoms with van der Waals surface area (Å²) in [5, 5.41) is 3.33. The topological polar surface area (TPSA) is 32.3 Å². The Hall–Kier alpha value is -0.710. The van der Waals surface area contributed by atoms with Crippen molar-refractivity contribution in [3.8, 4) is 0 Å². The minimum atomic E-state index is 0.225. The van der Waals surface area contributed by atoms with E-state index in [1.165, 1.54) is 5.56 Å². The summed E-state index contributed by atoms with van der Waals surface area (Å²) in [4.78, 5) is 13.2. The largest absolute Gasteiger partial charge is 0.314 e. The highest BCUT2D eigenvalue weighted by Crippen LogP contribution is 2.25. The van der Waals surface area contributed by atoms with Gasteiger partial charge in [-0.2, -0.15) is 0 Å². The van der Waals surface area contributed by atoms with Gasteiger partial charge in [0.05, 0.1) is 0 Å². The monoisotopic (exact) mass is 296 g/mol. The SMILES string of the molecule is O=CCC(c1ccc(Br)cc1)N1CCNCC1. The number of nitrogens with zero attached hydrogens (tertiary/aromatic N) is 1. The van der Waals surface area contributed by atoms with Crippen molar-refractivity contribution in [1.82, 2.24) is 10.2 Å². The standard InChI is InChI=1S/C13H17BrN2O/c14-12-3-1-11(2-4-12)13(5-10-17)16-8-6-15-7-9-16/h1-4,10,13,15H,5-9H2. The molecule has 0 amide bonds. The van der Waals surface area contributed by atoms with Crippen LogP contribution in [0.2, 0.25) is 0 Å². The second-order valence-corrected chi connectivity index (χ2v) is 5.17. The lowest BCUT2D eigenvalue weighted by molar-refractivity contribution is -0.109. The van der Waals surface area contributed by atoms with Gasteiger partial charge in [-0.05, 0) is 17.7 Å². The van der Waals surface area contributed by atoms with E-state index >= 15 is 0 Å². The number of carbonyl (C=O) groups is 1.